The number of carbonyl (C=O) groups excluding carboxylic acids is 1. The number of methoxy groups -OCH3 is 1. The molecule has 0 spiro atoms. The van der Waals surface area contributed by atoms with Gasteiger partial charge >= 0.3 is 0 Å². The Balaban J connectivity index is 2.16. The molecule has 1 heterocycles. The maximum absolute atomic E-state index is 12.2. The number of benzene rings is 1. The van der Waals surface area contributed by atoms with E-state index in [9.17, 15) is 4.79 Å². The molecule has 0 aliphatic heterocycles. The van der Waals surface area contributed by atoms with Crippen molar-refractivity contribution in [3.63, 3.8) is 0 Å². The van der Waals surface area contributed by atoms with E-state index in [4.69, 9.17) is 4.74 Å². The van der Waals surface area contributed by atoms with Crippen LogP contribution in [0.3, 0.4) is 0 Å². The summed E-state index contributed by atoms with van der Waals surface area (Å²) in [4.78, 5) is 15.5. The van der Waals surface area contributed by atoms with Crippen molar-refractivity contribution in [1.82, 2.24) is 10.3 Å². The zero-order chi connectivity index (χ0) is 14.7. The number of aryl methyl sites for hydroxylation is 2. The summed E-state index contributed by atoms with van der Waals surface area (Å²) >= 11 is 0. The Labute approximate surface area is 119 Å². The van der Waals surface area contributed by atoms with Gasteiger partial charge in [-0.2, -0.15) is 0 Å². The molecule has 108 valence electrons. The van der Waals surface area contributed by atoms with Crippen molar-refractivity contribution in [3.8, 4) is 0 Å². The first-order chi connectivity index (χ1) is 9.52. The lowest BCUT2D eigenvalue weighted by atomic mass is 10.1. The zero-order valence-electron chi connectivity index (χ0n) is 12.5. The van der Waals surface area contributed by atoms with Crippen molar-refractivity contribution in [2.24, 2.45) is 0 Å². The predicted octanol–water partition coefficient (Wildman–Crippen LogP) is 2.94. The molecule has 0 saturated carbocycles. The van der Waals surface area contributed by atoms with Crippen LogP contribution in [0.5, 0.6) is 0 Å². The maximum atomic E-state index is 12.2. The first-order valence-corrected chi connectivity index (χ1v) is 6.91. The minimum Gasteiger partial charge on any atom is -0.385 e. The van der Waals surface area contributed by atoms with Gasteiger partial charge in [-0.15, -0.1) is 0 Å². The van der Waals surface area contributed by atoms with Gasteiger partial charge in [0.15, 0.2) is 0 Å². The third kappa shape index (κ3) is 3.02. The zero-order valence-corrected chi connectivity index (χ0v) is 12.5. The first kappa shape index (κ1) is 14.6. The fourth-order valence-electron chi connectivity index (χ4n) is 2.28. The summed E-state index contributed by atoms with van der Waals surface area (Å²) < 4.78 is 5.02. The molecular formula is C16H22N2O2. The Kier molecular flexibility index (Phi) is 4.45. The van der Waals surface area contributed by atoms with Crippen molar-refractivity contribution in [3.05, 3.63) is 35.0 Å². The van der Waals surface area contributed by atoms with Crippen molar-refractivity contribution >= 4 is 16.8 Å². The van der Waals surface area contributed by atoms with Crippen LogP contribution >= 0.6 is 0 Å². The number of hydrogen-bond acceptors (Lipinski definition) is 2. The van der Waals surface area contributed by atoms with Gasteiger partial charge in [0.05, 0.1) is 0 Å². The van der Waals surface area contributed by atoms with Gasteiger partial charge in [-0.05, 0) is 51.0 Å². The van der Waals surface area contributed by atoms with E-state index >= 15 is 0 Å². The minimum atomic E-state index is -0.0336. The van der Waals surface area contributed by atoms with Crippen LogP contribution < -0.4 is 5.32 Å². The van der Waals surface area contributed by atoms with E-state index < -0.39 is 0 Å². The number of amides is 1. The van der Waals surface area contributed by atoms with Crippen LogP contribution in [0.25, 0.3) is 10.9 Å². The Hall–Kier alpha value is -1.81. The summed E-state index contributed by atoms with van der Waals surface area (Å²) in [7, 11) is 1.67. The highest BCUT2D eigenvalue weighted by Gasteiger charge is 2.12. The van der Waals surface area contributed by atoms with Gasteiger partial charge < -0.3 is 15.0 Å². The summed E-state index contributed by atoms with van der Waals surface area (Å²) in [6.45, 7) is 6.75. The van der Waals surface area contributed by atoms with Crippen LogP contribution in [0, 0.1) is 13.8 Å². The fraction of sp³-hybridized carbons (Fsp3) is 0.438. The van der Waals surface area contributed by atoms with Gasteiger partial charge in [0.2, 0.25) is 0 Å². The molecule has 0 bridgehead atoms. The second kappa shape index (κ2) is 6.09. The number of fused-ring (bicyclic) bond motifs is 1. The monoisotopic (exact) mass is 274 g/mol. The summed E-state index contributed by atoms with van der Waals surface area (Å²) in [5.41, 5.74) is 4.11. The molecule has 4 nitrogen and oxygen atoms in total. The van der Waals surface area contributed by atoms with Gasteiger partial charge in [-0.1, -0.05) is 0 Å². The van der Waals surface area contributed by atoms with E-state index in [2.05, 4.69) is 17.2 Å². The van der Waals surface area contributed by atoms with E-state index in [0.717, 1.165) is 23.0 Å². The average Bonchev–Trinajstić information content (AvgIpc) is 2.71. The number of nitrogens with one attached hydrogen (secondary N) is 2. The molecule has 0 radical (unpaired) electrons. The maximum Gasteiger partial charge on any atom is 0.251 e. The van der Waals surface area contributed by atoms with E-state index in [-0.39, 0.29) is 11.9 Å². The fourth-order valence-corrected chi connectivity index (χ4v) is 2.28. The highest BCUT2D eigenvalue weighted by atomic mass is 16.5. The summed E-state index contributed by atoms with van der Waals surface area (Å²) in [6, 6.07) is 5.87. The molecule has 20 heavy (non-hydrogen) atoms. The van der Waals surface area contributed by atoms with Crippen molar-refractivity contribution in [2.75, 3.05) is 13.7 Å². The Morgan fingerprint density at radius 3 is 2.85 bits per heavy atom. The van der Waals surface area contributed by atoms with Crippen LogP contribution in [0.4, 0.5) is 0 Å². The topological polar surface area (TPSA) is 54.1 Å². The number of H-pyrrole nitrogens is 1. The minimum absolute atomic E-state index is 0.0336. The number of aromatic amines is 1. The Bertz CT molecular complexity index is 616. The van der Waals surface area contributed by atoms with E-state index in [1.807, 2.05) is 32.0 Å². The molecule has 0 aliphatic carbocycles. The Morgan fingerprint density at radius 2 is 2.15 bits per heavy atom. The molecule has 1 aromatic heterocycles. The number of ether oxygens (including phenoxy) is 1. The highest BCUT2D eigenvalue weighted by molar-refractivity contribution is 5.99. The molecule has 0 aliphatic rings. The molecule has 1 atom stereocenters. The molecule has 1 unspecified atom stereocenters. The molecule has 2 aromatic rings. The lowest BCUT2D eigenvalue weighted by Crippen LogP contribution is -2.33. The Morgan fingerprint density at radius 1 is 1.40 bits per heavy atom. The normalized spacial score (nSPS) is 12.6. The number of carbonyl (C=O) groups is 1. The van der Waals surface area contributed by atoms with Gasteiger partial charge in [-0.25, -0.2) is 0 Å². The molecule has 1 aromatic carbocycles. The van der Waals surface area contributed by atoms with Crippen LogP contribution in [0.2, 0.25) is 0 Å². The molecule has 4 heteroatoms. The number of rotatable bonds is 5. The van der Waals surface area contributed by atoms with Gasteiger partial charge in [0, 0.05) is 41.9 Å². The van der Waals surface area contributed by atoms with E-state index in [0.29, 0.717) is 12.2 Å². The summed E-state index contributed by atoms with van der Waals surface area (Å²) in [6.07, 6.45) is 0.812. The van der Waals surface area contributed by atoms with Crippen LogP contribution in [-0.4, -0.2) is 30.6 Å². The average molecular weight is 274 g/mol. The first-order valence-electron chi connectivity index (χ1n) is 6.91. The largest absolute Gasteiger partial charge is 0.385 e. The summed E-state index contributed by atoms with van der Waals surface area (Å²) in [5, 5.41) is 4.10. The third-order valence-electron chi connectivity index (χ3n) is 3.70. The van der Waals surface area contributed by atoms with Gasteiger partial charge in [-0.3, -0.25) is 4.79 Å². The standard InChI is InChI=1S/C16H22N2O2/c1-10(7-8-20-4)17-16(19)13-5-6-15-14(9-13)11(2)12(3)18-15/h5-6,9-10,18H,7-8H2,1-4H3,(H,17,19). The lowest BCUT2D eigenvalue weighted by Gasteiger charge is -2.13. The molecular weight excluding hydrogens is 252 g/mol. The van der Waals surface area contributed by atoms with Gasteiger partial charge in [0.1, 0.15) is 0 Å². The quantitative estimate of drug-likeness (QED) is 0.880. The lowest BCUT2D eigenvalue weighted by molar-refractivity contribution is 0.0929. The second-order valence-electron chi connectivity index (χ2n) is 5.29. The second-order valence-corrected chi connectivity index (χ2v) is 5.29. The van der Waals surface area contributed by atoms with Crippen molar-refractivity contribution in [2.45, 2.75) is 33.2 Å². The predicted molar refractivity (Wildman–Crippen MR) is 81.2 cm³/mol. The molecule has 1 amide bonds. The molecule has 2 rings (SSSR count). The number of aromatic nitrogens is 1. The molecule has 2 N–H and O–H groups in total. The smallest absolute Gasteiger partial charge is 0.251 e. The van der Waals surface area contributed by atoms with Gasteiger partial charge in [0.25, 0.3) is 5.91 Å². The van der Waals surface area contributed by atoms with E-state index in [1.54, 1.807) is 7.11 Å². The van der Waals surface area contributed by atoms with Crippen LogP contribution in [0.1, 0.15) is 35.0 Å². The molecule has 0 fully saturated rings. The summed E-state index contributed by atoms with van der Waals surface area (Å²) in [5.74, 6) is -0.0336. The van der Waals surface area contributed by atoms with E-state index in [1.165, 1.54) is 5.56 Å². The number of hydrogen-bond donors (Lipinski definition) is 2. The van der Waals surface area contributed by atoms with Crippen molar-refractivity contribution in [1.29, 1.82) is 0 Å². The van der Waals surface area contributed by atoms with Crippen LogP contribution in [-0.2, 0) is 4.74 Å². The highest BCUT2D eigenvalue weighted by Crippen LogP contribution is 2.22. The third-order valence-corrected chi connectivity index (χ3v) is 3.70. The van der Waals surface area contributed by atoms with Crippen molar-refractivity contribution < 1.29 is 9.53 Å². The van der Waals surface area contributed by atoms with Crippen LogP contribution in [0.15, 0.2) is 18.2 Å². The SMILES string of the molecule is COCCC(C)NC(=O)c1ccc2[nH]c(C)c(C)c2c1. The molecule has 0 saturated heterocycles.